The van der Waals surface area contributed by atoms with Crippen molar-refractivity contribution in [2.24, 2.45) is 0 Å². The molecule has 0 bridgehead atoms. The Bertz CT molecular complexity index is 209. The van der Waals surface area contributed by atoms with Crippen LogP contribution < -0.4 is 0 Å². The third kappa shape index (κ3) is 0.896. The second-order valence-electron chi connectivity index (χ2n) is 1.75. The number of rotatable bonds is 0. The van der Waals surface area contributed by atoms with Crippen molar-refractivity contribution in [1.29, 1.82) is 0 Å². The molecule has 1 rings (SSSR count). The number of carbonyl (C=O) groups excluding carboxylic acids is 2. The Hall–Kier alpha value is -0.640. The first kappa shape index (κ1) is 6.48. The maximum absolute atomic E-state index is 10.7. The van der Waals surface area contributed by atoms with Crippen molar-refractivity contribution in [2.75, 3.05) is 0 Å². The van der Waals surface area contributed by atoms with Crippen LogP contribution in [-0.4, -0.2) is 15.7 Å². The SMILES string of the molecule is CC1=CC(=O)N(Br)C1=O. The van der Waals surface area contributed by atoms with Gasteiger partial charge in [0.1, 0.15) is 0 Å². The van der Waals surface area contributed by atoms with Crippen LogP contribution in [0.25, 0.3) is 0 Å². The first-order valence-corrected chi connectivity index (χ1v) is 3.06. The molecule has 0 spiro atoms. The molecular weight excluding hydrogens is 186 g/mol. The Labute approximate surface area is 60.7 Å². The van der Waals surface area contributed by atoms with Gasteiger partial charge in [-0.25, -0.2) is 3.93 Å². The van der Waals surface area contributed by atoms with Crippen LogP contribution >= 0.6 is 16.1 Å². The van der Waals surface area contributed by atoms with Crippen LogP contribution in [0.4, 0.5) is 0 Å². The maximum atomic E-state index is 10.7. The minimum atomic E-state index is -0.308. The van der Waals surface area contributed by atoms with Crippen LogP contribution in [0.3, 0.4) is 0 Å². The van der Waals surface area contributed by atoms with E-state index in [1.165, 1.54) is 6.08 Å². The lowest BCUT2D eigenvalue weighted by molar-refractivity contribution is -0.130. The molecule has 48 valence electrons. The number of hydrogen-bond donors (Lipinski definition) is 0. The molecule has 0 radical (unpaired) electrons. The van der Waals surface area contributed by atoms with E-state index >= 15 is 0 Å². The molecule has 1 heterocycles. The second-order valence-corrected chi connectivity index (χ2v) is 2.46. The summed E-state index contributed by atoms with van der Waals surface area (Å²) in [7, 11) is 0. The lowest BCUT2D eigenvalue weighted by Crippen LogP contribution is -2.18. The van der Waals surface area contributed by atoms with Gasteiger partial charge in [-0.1, -0.05) is 0 Å². The fourth-order valence-corrected chi connectivity index (χ4v) is 0.941. The largest absolute Gasteiger partial charge is 0.268 e. The van der Waals surface area contributed by atoms with Crippen molar-refractivity contribution < 1.29 is 9.59 Å². The molecule has 1 aliphatic rings. The highest BCUT2D eigenvalue weighted by atomic mass is 79.9. The third-order valence-corrected chi connectivity index (χ3v) is 1.72. The Morgan fingerprint density at radius 2 is 2.11 bits per heavy atom. The highest BCUT2D eigenvalue weighted by Gasteiger charge is 2.25. The summed E-state index contributed by atoms with van der Waals surface area (Å²) in [5, 5.41) is 0. The summed E-state index contributed by atoms with van der Waals surface area (Å²) in [6, 6.07) is 0. The summed E-state index contributed by atoms with van der Waals surface area (Å²) in [6.45, 7) is 1.60. The van der Waals surface area contributed by atoms with Crippen molar-refractivity contribution >= 4 is 28.0 Å². The maximum Gasteiger partial charge on any atom is 0.266 e. The molecule has 0 N–H and O–H groups in total. The number of halogens is 1. The average molecular weight is 190 g/mol. The topological polar surface area (TPSA) is 37.4 Å². The van der Waals surface area contributed by atoms with E-state index in [-0.39, 0.29) is 11.8 Å². The van der Waals surface area contributed by atoms with E-state index in [0.717, 1.165) is 3.93 Å². The van der Waals surface area contributed by atoms with E-state index in [1.807, 2.05) is 0 Å². The van der Waals surface area contributed by atoms with Crippen molar-refractivity contribution in [3.05, 3.63) is 11.6 Å². The summed E-state index contributed by atoms with van der Waals surface area (Å²) in [6.07, 6.45) is 1.29. The lowest BCUT2D eigenvalue weighted by Gasteiger charge is -1.99. The standard InChI is InChI=1S/C5H4BrNO2/c1-3-2-4(8)7(6)5(3)9/h2H,1H3. The smallest absolute Gasteiger partial charge is 0.266 e. The van der Waals surface area contributed by atoms with Crippen LogP contribution in [0.5, 0.6) is 0 Å². The van der Waals surface area contributed by atoms with Gasteiger partial charge in [-0.3, -0.25) is 9.59 Å². The molecule has 0 fully saturated rings. The monoisotopic (exact) mass is 189 g/mol. The number of carbonyl (C=O) groups is 2. The molecule has 3 nitrogen and oxygen atoms in total. The second kappa shape index (κ2) is 1.95. The molecule has 0 aromatic carbocycles. The van der Waals surface area contributed by atoms with Gasteiger partial charge < -0.3 is 0 Å². The fraction of sp³-hybridized carbons (Fsp3) is 0.200. The molecule has 0 aliphatic carbocycles. The van der Waals surface area contributed by atoms with Gasteiger partial charge in [0.25, 0.3) is 11.8 Å². The molecule has 0 aromatic rings. The minimum Gasteiger partial charge on any atom is -0.268 e. The highest BCUT2D eigenvalue weighted by molar-refractivity contribution is 9.08. The molecular formula is C5H4BrNO2. The lowest BCUT2D eigenvalue weighted by atomic mass is 10.3. The molecule has 0 aromatic heterocycles. The van der Waals surface area contributed by atoms with E-state index in [0.29, 0.717) is 5.57 Å². The number of hydrogen-bond acceptors (Lipinski definition) is 2. The normalized spacial score (nSPS) is 18.9. The fourth-order valence-electron chi connectivity index (χ4n) is 0.559. The van der Waals surface area contributed by atoms with Crippen molar-refractivity contribution in [3.63, 3.8) is 0 Å². The predicted molar refractivity (Wildman–Crippen MR) is 34.5 cm³/mol. The molecule has 0 saturated heterocycles. The molecule has 0 unspecified atom stereocenters. The van der Waals surface area contributed by atoms with Gasteiger partial charge in [-0.2, -0.15) is 0 Å². The van der Waals surface area contributed by atoms with E-state index in [1.54, 1.807) is 6.92 Å². The van der Waals surface area contributed by atoms with Crippen molar-refractivity contribution in [3.8, 4) is 0 Å². The van der Waals surface area contributed by atoms with Gasteiger partial charge >= 0.3 is 0 Å². The molecule has 0 saturated carbocycles. The number of imide groups is 1. The molecule has 1 aliphatic heterocycles. The van der Waals surface area contributed by atoms with Gasteiger partial charge in [0.15, 0.2) is 0 Å². The molecule has 0 atom stereocenters. The summed E-state index contributed by atoms with van der Waals surface area (Å²) < 4.78 is 0.905. The zero-order valence-corrected chi connectivity index (χ0v) is 6.31. The van der Waals surface area contributed by atoms with E-state index in [2.05, 4.69) is 16.1 Å². The van der Waals surface area contributed by atoms with Gasteiger partial charge in [0.2, 0.25) is 0 Å². The zero-order valence-electron chi connectivity index (χ0n) is 4.72. The molecule has 9 heavy (non-hydrogen) atoms. The summed E-state index contributed by atoms with van der Waals surface area (Å²) in [5.41, 5.74) is 0.469. The van der Waals surface area contributed by atoms with Crippen molar-refractivity contribution in [2.45, 2.75) is 6.92 Å². The number of amides is 2. The Morgan fingerprint density at radius 3 is 2.22 bits per heavy atom. The molecule has 4 heteroatoms. The van der Waals surface area contributed by atoms with Gasteiger partial charge in [0, 0.05) is 11.6 Å². The first-order valence-electron chi connectivity index (χ1n) is 2.35. The quantitative estimate of drug-likeness (QED) is 0.414. The Balaban J connectivity index is 2.95. The Morgan fingerprint density at radius 1 is 1.56 bits per heavy atom. The average Bonchev–Trinajstić information content (AvgIpc) is 1.98. The highest BCUT2D eigenvalue weighted by Crippen LogP contribution is 2.14. The van der Waals surface area contributed by atoms with Crippen LogP contribution in [0, 0.1) is 0 Å². The summed E-state index contributed by atoms with van der Waals surface area (Å²) >= 11 is 2.79. The van der Waals surface area contributed by atoms with Gasteiger partial charge in [-0.05, 0) is 6.92 Å². The first-order chi connectivity index (χ1) is 4.13. The van der Waals surface area contributed by atoms with Gasteiger partial charge in [0.05, 0.1) is 16.1 Å². The number of nitrogens with zero attached hydrogens (tertiary/aromatic N) is 1. The van der Waals surface area contributed by atoms with E-state index < -0.39 is 0 Å². The summed E-state index contributed by atoms with van der Waals surface area (Å²) in [5.74, 6) is -0.586. The van der Waals surface area contributed by atoms with Crippen LogP contribution in [0.2, 0.25) is 0 Å². The summed E-state index contributed by atoms with van der Waals surface area (Å²) in [4.78, 5) is 21.3. The molecule has 2 amide bonds. The Kier molecular flexibility index (Phi) is 1.40. The van der Waals surface area contributed by atoms with Crippen molar-refractivity contribution in [1.82, 2.24) is 3.93 Å². The van der Waals surface area contributed by atoms with Crippen LogP contribution in [0.15, 0.2) is 11.6 Å². The van der Waals surface area contributed by atoms with Gasteiger partial charge in [-0.15, -0.1) is 0 Å². The van der Waals surface area contributed by atoms with E-state index in [9.17, 15) is 9.59 Å². The van der Waals surface area contributed by atoms with E-state index in [4.69, 9.17) is 0 Å². The van der Waals surface area contributed by atoms with Crippen LogP contribution in [0.1, 0.15) is 6.92 Å². The zero-order chi connectivity index (χ0) is 7.02. The van der Waals surface area contributed by atoms with Crippen LogP contribution in [-0.2, 0) is 9.59 Å². The minimum absolute atomic E-state index is 0.278. The predicted octanol–water partition coefficient (Wildman–Crippen LogP) is 0.611. The third-order valence-electron chi connectivity index (χ3n) is 1.05.